The molecule has 0 fully saturated rings. The smallest absolute Gasteiger partial charge is 0.0160 e. The summed E-state index contributed by atoms with van der Waals surface area (Å²) < 4.78 is 7.67. The molecule has 1 radical (unpaired) electrons. The molecule has 0 aliphatic carbocycles. The predicted molar refractivity (Wildman–Crippen MR) is 147 cm³/mol. The molecule has 0 spiro atoms. The van der Waals surface area contributed by atoms with Gasteiger partial charge in [-0.15, -0.1) is 35.9 Å². The summed E-state index contributed by atoms with van der Waals surface area (Å²) in [5, 5.41) is 2.26. The number of fused-ring (bicyclic) bond motifs is 3. The molecule has 6 rings (SSSR count). The number of aromatic nitrogens is 2. The Labute approximate surface area is 228 Å². The van der Waals surface area contributed by atoms with E-state index in [1.165, 1.54) is 9.78 Å². The molecule has 0 atom stereocenters. The molecular formula is C31H26GeIrN2O-2. The van der Waals surface area contributed by atoms with Crippen LogP contribution >= 0.6 is 0 Å². The van der Waals surface area contributed by atoms with Gasteiger partial charge in [0.2, 0.25) is 0 Å². The maximum Gasteiger partial charge on any atom is 0.0160 e. The monoisotopic (exact) mass is 709 g/mol. The minimum Gasteiger partial charge on any atom is -0.305 e. The fourth-order valence-electron chi connectivity index (χ4n) is 4.15. The first-order chi connectivity index (χ1) is 17.0. The first-order valence-corrected chi connectivity index (χ1v) is 19.0. The Morgan fingerprint density at radius 3 is 2.06 bits per heavy atom. The van der Waals surface area contributed by atoms with E-state index in [1.54, 1.807) is 6.20 Å². The Balaban J connectivity index is 0.000000198. The summed E-state index contributed by atoms with van der Waals surface area (Å²) in [5.41, 5.74) is 5.90. The van der Waals surface area contributed by atoms with Gasteiger partial charge in [-0.2, -0.15) is 0 Å². The van der Waals surface area contributed by atoms with Crippen molar-refractivity contribution in [1.29, 1.82) is 0 Å². The molecule has 3 aromatic carbocycles. The third kappa shape index (κ3) is 5.52. The van der Waals surface area contributed by atoms with Crippen LogP contribution in [0, 0.1) is 12.1 Å². The number of furan rings is 1. The van der Waals surface area contributed by atoms with Crippen LogP contribution in [0.2, 0.25) is 17.3 Å². The summed E-state index contributed by atoms with van der Waals surface area (Å²) in [7, 11) is 0. The quantitative estimate of drug-likeness (QED) is 0.141. The maximum absolute atomic E-state index is 6.27. The number of nitrogens with zero attached hydrogens (tertiary/aromatic N) is 2. The van der Waals surface area contributed by atoms with Crippen molar-refractivity contribution in [2.75, 3.05) is 0 Å². The first-order valence-electron chi connectivity index (χ1n) is 11.7. The van der Waals surface area contributed by atoms with Crippen molar-refractivity contribution in [2.45, 2.75) is 17.3 Å². The molecule has 0 saturated heterocycles. The van der Waals surface area contributed by atoms with Crippen molar-refractivity contribution < 1.29 is 24.5 Å². The van der Waals surface area contributed by atoms with Crippen LogP contribution < -0.4 is 4.40 Å². The summed E-state index contributed by atoms with van der Waals surface area (Å²) in [6, 6.07) is 36.5. The van der Waals surface area contributed by atoms with Gasteiger partial charge in [0.1, 0.15) is 0 Å². The van der Waals surface area contributed by atoms with Gasteiger partial charge in [-0.1, -0.05) is 12.1 Å². The molecule has 0 bridgehead atoms. The van der Waals surface area contributed by atoms with Crippen LogP contribution in [0.25, 0.3) is 44.5 Å². The molecule has 36 heavy (non-hydrogen) atoms. The second-order valence-corrected chi connectivity index (χ2v) is 19.9. The van der Waals surface area contributed by atoms with Crippen LogP contribution in [0.4, 0.5) is 0 Å². The second kappa shape index (κ2) is 11.3. The van der Waals surface area contributed by atoms with Crippen LogP contribution in [-0.2, 0) is 20.1 Å². The van der Waals surface area contributed by atoms with Crippen molar-refractivity contribution >= 4 is 39.6 Å². The molecule has 3 aromatic heterocycles. The molecule has 3 nitrogen and oxygen atoms in total. The number of hydrogen-bond acceptors (Lipinski definition) is 3. The summed E-state index contributed by atoms with van der Waals surface area (Å²) in [4.78, 5) is 8.83. The molecule has 0 N–H and O–H groups in total. The fraction of sp³-hybridized carbons (Fsp3) is 0.0968. The number of rotatable bonds is 3. The largest absolute Gasteiger partial charge is 0.305 e. The Hall–Kier alpha value is -3.05. The van der Waals surface area contributed by atoms with Crippen LogP contribution in [-0.4, -0.2) is 23.2 Å². The van der Waals surface area contributed by atoms with E-state index in [-0.39, 0.29) is 20.1 Å². The van der Waals surface area contributed by atoms with E-state index in [0.29, 0.717) is 0 Å². The fourth-order valence-corrected chi connectivity index (χ4v) is 7.22. The third-order valence-corrected chi connectivity index (χ3v) is 10.0. The summed E-state index contributed by atoms with van der Waals surface area (Å²) in [5.74, 6) is 7.18. The average Bonchev–Trinajstić information content (AvgIpc) is 3.29. The van der Waals surface area contributed by atoms with Gasteiger partial charge >= 0.3 is 138 Å². The van der Waals surface area contributed by atoms with Crippen molar-refractivity contribution in [3.05, 3.63) is 116 Å². The molecule has 0 aliphatic rings. The zero-order valence-corrected chi connectivity index (χ0v) is 24.9. The Bertz CT molecular complexity index is 1520. The van der Waals surface area contributed by atoms with Gasteiger partial charge in [-0.3, -0.25) is 0 Å². The summed E-state index contributed by atoms with van der Waals surface area (Å²) >= 11 is -2.01. The SMILES string of the molecule is [CH3][Ge]([CH3])([CH3])[c]1cccc2c1oc1ccnc(-c3[c-]cccc3)c12.[Ir].[c-]1ccccc1-c1ccccn1. The van der Waals surface area contributed by atoms with Gasteiger partial charge in [-0.05, 0) is 11.8 Å². The van der Waals surface area contributed by atoms with Gasteiger partial charge < -0.3 is 4.98 Å². The molecule has 181 valence electrons. The standard InChI is InChI=1S/C20H18GeNO.C11H8N.Ir/c1-21(2,3)16-11-7-10-15-18-17(23-20(15)16)12-13-22-19(18)14-8-5-4-6-9-14;1-2-6-10(7-3-1)11-8-4-5-9-12-11;/h4-8,10-13H,1-3H3;1-6,8-9H;/q2*-1;. The molecule has 6 aromatic rings. The maximum atomic E-state index is 6.27. The number of pyridine rings is 2. The minimum absolute atomic E-state index is 0. The van der Waals surface area contributed by atoms with Crippen LogP contribution in [0.5, 0.6) is 0 Å². The third-order valence-electron chi connectivity index (χ3n) is 5.83. The van der Waals surface area contributed by atoms with Crippen molar-refractivity contribution in [3.8, 4) is 22.5 Å². The van der Waals surface area contributed by atoms with E-state index in [4.69, 9.17) is 4.42 Å². The van der Waals surface area contributed by atoms with Gasteiger partial charge in [0.25, 0.3) is 0 Å². The molecule has 0 saturated carbocycles. The van der Waals surface area contributed by atoms with E-state index >= 15 is 0 Å². The molecule has 5 heteroatoms. The van der Waals surface area contributed by atoms with Crippen LogP contribution in [0.1, 0.15) is 0 Å². The number of benzene rings is 3. The van der Waals surface area contributed by atoms with Crippen molar-refractivity contribution in [3.63, 3.8) is 0 Å². The van der Waals surface area contributed by atoms with Gasteiger partial charge in [-0.25, -0.2) is 0 Å². The van der Waals surface area contributed by atoms with Gasteiger partial charge in [0, 0.05) is 26.3 Å². The number of para-hydroxylation sites is 1. The molecular weight excluding hydrogens is 681 g/mol. The Morgan fingerprint density at radius 2 is 1.42 bits per heavy atom. The van der Waals surface area contributed by atoms with Gasteiger partial charge in [0.15, 0.2) is 0 Å². The van der Waals surface area contributed by atoms with Crippen LogP contribution in [0.3, 0.4) is 0 Å². The van der Waals surface area contributed by atoms with Crippen molar-refractivity contribution in [2.24, 2.45) is 0 Å². The predicted octanol–water partition coefficient (Wildman–Crippen LogP) is 7.54. The van der Waals surface area contributed by atoms with E-state index < -0.39 is 13.3 Å². The second-order valence-electron chi connectivity index (χ2n) is 9.33. The van der Waals surface area contributed by atoms with E-state index in [9.17, 15) is 0 Å². The van der Waals surface area contributed by atoms with Gasteiger partial charge in [0.05, 0.1) is 0 Å². The summed E-state index contributed by atoms with van der Waals surface area (Å²) in [6.07, 6.45) is 3.61. The molecule has 3 heterocycles. The molecule has 0 unspecified atom stereocenters. The average molecular weight is 707 g/mol. The normalized spacial score (nSPS) is 11.0. The van der Waals surface area contributed by atoms with E-state index in [0.717, 1.165) is 39.1 Å². The zero-order valence-electron chi connectivity index (χ0n) is 20.5. The van der Waals surface area contributed by atoms with E-state index in [1.807, 2.05) is 79.0 Å². The summed E-state index contributed by atoms with van der Waals surface area (Å²) in [6.45, 7) is 0. The zero-order chi connectivity index (χ0) is 24.3. The van der Waals surface area contributed by atoms with Crippen molar-refractivity contribution in [1.82, 2.24) is 9.97 Å². The topological polar surface area (TPSA) is 38.9 Å². The Kier molecular flexibility index (Phi) is 8.20. The minimum atomic E-state index is -2.01. The van der Waals surface area contributed by atoms with Crippen LogP contribution in [0.15, 0.2) is 108 Å². The molecule has 0 aliphatic heterocycles. The number of hydrogen-bond donors (Lipinski definition) is 0. The first kappa shape index (κ1) is 26.0. The van der Waals surface area contributed by atoms with E-state index in [2.05, 4.69) is 57.6 Å². The Morgan fingerprint density at radius 1 is 0.694 bits per heavy atom. The molecule has 0 amide bonds.